The van der Waals surface area contributed by atoms with Gasteiger partial charge in [0.05, 0.1) is 17.6 Å². The normalized spacial score (nSPS) is 19.5. The first kappa shape index (κ1) is 12.7. The van der Waals surface area contributed by atoms with Crippen LogP contribution in [0, 0.1) is 17.0 Å². The van der Waals surface area contributed by atoms with Gasteiger partial charge < -0.3 is 15.4 Å². The molecule has 0 radical (unpaired) electrons. The maximum absolute atomic E-state index is 10.7. The van der Waals surface area contributed by atoms with E-state index < -0.39 is 4.92 Å². The van der Waals surface area contributed by atoms with Gasteiger partial charge in [-0.05, 0) is 13.0 Å². The fourth-order valence-corrected chi connectivity index (χ4v) is 1.81. The minimum Gasteiger partial charge on any atom is -0.374 e. The molecule has 1 saturated heterocycles. The van der Waals surface area contributed by atoms with E-state index in [-0.39, 0.29) is 11.8 Å². The molecule has 0 amide bonds. The molecule has 1 aromatic rings. The Morgan fingerprint density at radius 2 is 2.50 bits per heavy atom. The fraction of sp³-hybridized carbons (Fsp3) is 0.545. The molecule has 1 unspecified atom stereocenters. The van der Waals surface area contributed by atoms with E-state index >= 15 is 0 Å². The van der Waals surface area contributed by atoms with Crippen molar-refractivity contribution in [1.82, 2.24) is 10.3 Å². The number of ether oxygens (including phenoxy) is 1. The van der Waals surface area contributed by atoms with Gasteiger partial charge in [0.2, 0.25) is 0 Å². The number of aryl methyl sites for hydroxylation is 1. The lowest BCUT2D eigenvalue weighted by Gasteiger charge is -2.23. The zero-order valence-electron chi connectivity index (χ0n) is 10.2. The van der Waals surface area contributed by atoms with Crippen LogP contribution in [-0.4, -0.2) is 42.3 Å². The Bertz CT molecular complexity index is 432. The summed E-state index contributed by atoms with van der Waals surface area (Å²) in [6.07, 6.45) is 0.107. The van der Waals surface area contributed by atoms with Crippen LogP contribution >= 0.6 is 0 Å². The molecular weight excluding hydrogens is 236 g/mol. The minimum atomic E-state index is -0.430. The Labute approximate surface area is 105 Å². The second kappa shape index (κ2) is 5.74. The quantitative estimate of drug-likeness (QED) is 0.605. The second-order valence-electron chi connectivity index (χ2n) is 4.14. The average Bonchev–Trinajstić information content (AvgIpc) is 2.37. The largest absolute Gasteiger partial charge is 0.374 e. The summed E-state index contributed by atoms with van der Waals surface area (Å²) in [4.78, 5) is 14.4. The predicted molar refractivity (Wildman–Crippen MR) is 66.7 cm³/mol. The molecule has 18 heavy (non-hydrogen) atoms. The molecule has 1 aliphatic heterocycles. The van der Waals surface area contributed by atoms with Crippen LogP contribution in [0.2, 0.25) is 0 Å². The van der Waals surface area contributed by atoms with Crippen LogP contribution < -0.4 is 10.6 Å². The number of nitrogens with zero attached hydrogens (tertiary/aromatic N) is 2. The zero-order chi connectivity index (χ0) is 13.0. The van der Waals surface area contributed by atoms with Gasteiger partial charge in [-0.25, -0.2) is 4.98 Å². The van der Waals surface area contributed by atoms with Crippen LogP contribution in [0.1, 0.15) is 5.69 Å². The molecule has 7 nitrogen and oxygen atoms in total. The van der Waals surface area contributed by atoms with Crippen LogP contribution in [-0.2, 0) is 4.74 Å². The van der Waals surface area contributed by atoms with Gasteiger partial charge in [0.15, 0.2) is 0 Å². The molecule has 98 valence electrons. The highest BCUT2D eigenvalue weighted by Crippen LogP contribution is 2.17. The summed E-state index contributed by atoms with van der Waals surface area (Å²) in [6, 6.07) is 3.08. The Morgan fingerprint density at radius 3 is 3.11 bits per heavy atom. The Hall–Kier alpha value is -1.73. The van der Waals surface area contributed by atoms with E-state index in [1.165, 1.54) is 6.07 Å². The summed E-state index contributed by atoms with van der Waals surface area (Å²) in [5.74, 6) is 0.632. The van der Waals surface area contributed by atoms with Crippen molar-refractivity contribution in [1.29, 1.82) is 0 Å². The summed E-state index contributed by atoms with van der Waals surface area (Å²) in [5.41, 5.74) is 0.448. The van der Waals surface area contributed by atoms with Gasteiger partial charge >= 0.3 is 0 Å². The Kier molecular flexibility index (Phi) is 4.06. The number of nitro groups is 1. The molecule has 1 aliphatic rings. The van der Waals surface area contributed by atoms with E-state index in [1.807, 2.05) is 0 Å². The van der Waals surface area contributed by atoms with E-state index in [9.17, 15) is 10.1 Å². The maximum atomic E-state index is 10.7. The first-order chi connectivity index (χ1) is 8.66. The van der Waals surface area contributed by atoms with Gasteiger partial charge in [-0.15, -0.1) is 0 Å². The molecule has 0 saturated carbocycles. The first-order valence-electron chi connectivity index (χ1n) is 5.85. The van der Waals surface area contributed by atoms with Crippen molar-refractivity contribution < 1.29 is 9.66 Å². The van der Waals surface area contributed by atoms with Crippen LogP contribution in [0.15, 0.2) is 12.1 Å². The maximum Gasteiger partial charge on any atom is 0.290 e. The van der Waals surface area contributed by atoms with Crippen LogP contribution in [0.4, 0.5) is 11.5 Å². The molecule has 2 N–H and O–H groups in total. The monoisotopic (exact) mass is 252 g/mol. The summed E-state index contributed by atoms with van der Waals surface area (Å²) >= 11 is 0. The third kappa shape index (κ3) is 3.14. The van der Waals surface area contributed by atoms with Crippen LogP contribution in [0.5, 0.6) is 0 Å². The topological polar surface area (TPSA) is 89.3 Å². The lowest BCUT2D eigenvalue weighted by molar-refractivity contribution is -0.385. The summed E-state index contributed by atoms with van der Waals surface area (Å²) in [5, 5.41) is 17.0. The van der Waals surface area contributed by atoms with Crippen LogP contribution in [0.3, 0.4) is 0 Å². The lowest BCUT2D eigenvalue weighted by atomic mass is 10.3. The third-order valence-electron chi connectivity index (χ3n) is 2.77. The number of morpholine rings is 1. The number of aromatic nitrogens is 1. The highest BCUT2D eigenvalue weighted by atomic mass is 16.6. The van der Waals surface area contributed by atoms with Gasteiger partial charge in [-0.1, -0.05) is 0 Å². The van der Waals surface area contributed by atoms with E-state index in [4.69, 9.17) is 4.74 Å². The summed E-state index contributed by atoms with van der Waals surface area (Å²) in [6.45, 7) is 4.66. The molecule has 7 heteroatoms. The van der Waals surface area contributed by atoms with Crippen molar-refractivity contribution in [2.75, 3.05) is 31.6 Å². The molecule has 0 aromatic carbocycles. The predicted octanol–water partition coefficient (Wildman–Crippen LogP) is 0.699. The van der Waals surface area contributed by atoms with E-state index in [0.717, 1.165) is 13.1 Å². The molecule has 1 fully saturated rings. The van der Waals surface area contributed by atoms with Gasteiger partial charge in [-0.2, -0.15) is 0 Å². The molecule has 2 rings (SSSR count). The fourth-order valence-electron chi connectivity index (χ4n) is 1.81. The van der Waals surface area contributed by atoms with Crippen molar-refractivity contribution in [3.63, 3.8) is 0 Å². The molecule has 0 spiro atoms. The Morgan fingerprint density at radius 1 is 1.67 bits per heavy atom. The number of hydrogen-bond acceptors (Lipinski definition) is 6. The van der Waals surface area contributed by atoms with Crippen molar-refractivity contribution in [2.24, 2.45) is 0 Å². The first-order valence-corrected chi connectivity index (χ1v) is 5.85. The van der Waals surface area contributed by atoms with Gasteiger partial charge in [0.1, 0.15) is 11.5 Å². The highest BCUT2D eigenvalue weighted by molar-refractivity contribution is 5.44. The SMILES string of the molecule is Cc1nc(NCC2CNCCO2)ccc1[N+](=O)[O-]. The van der Waals surface area contributed by atoms with Crippen molar-refractivity contribution in [2.45, 2.75) is 13.0 Å². The van der Waals surface area contributed by atoms with Gasteiger partial charge in [-0.3, -0.25) is 10.1 Å². The summed E-state index contributed by atoms with van der Waals surface area (Å²) < 4.78 is 5.53. The molecule has 0 aliphatic carbocycles. The molecule has 1 atom stereocenters. The van der Waals surface area contributed by atoms with Crippen LogP contribution in [0.25, 0.3) is 0 Å². The van der Waals surface area contributed by atoms with Gasteiger partial charge in [0, 0.05) is 25.7 Å². The highest BCUT2D eigenvalue weighted by Gasteiger charge is 2.15. The Balaban J connectivity index is 1.93. The van der Waals surface area contributed by atoms with Crippen molar-refractivity contribution >= 4 is 11.5 Å². The molecule has 0 bridgehead atoms. The summed E-state index contributed by atoms with van der Waals surface area (Å²) in [7, 11) is 0. The third-order valence-corrected chi connectivity index (χ3v) is 2.77. The number of anilines is 1. The average molecular weight is 252 g/mol. The number of rotatable bonds is 4. The van der Waals surface area contributed by atoms with E-state index in [2.05, 4.69) is 15.6 Å². The minimum absolute atomic E-state index is 0.0381. The van der Waals surface area contributed by atoms with Crippen molar-refractivity contribution in [3.8, 4) is 0 Å². The number of pyridine rings is 1. The molecule has 1 aromatic heterocycles. The van der Waals surface area contributed by atoms with E-state index in [0.29, 0.717) is 24.7 Å². The second-order valence-corrected chi connectivity index (χ2v) is 4.14. The van der Waals surface area contributed by atoms with Crippen molar-refractivity contribution in [3.05, 3.63) is 27.9 Å². The van der Waals surface area contributed by atoms with E-state index in [1.54, 1.807) is 13.0 Å². The molecular formula is C11H16N4O3. The standard InChI is InChI=1S/C11H16N4O3/c1-8-10(15(16)17)2-3-11(14-8)13-7-9-6-12-4-5-18-9/h2-3,9,12H,4-7H2,1H3,(H,13,14). The number of hydrogen-bond donors (Lipinski definition) is 2. The number of nitrogens with one attached hydrogen (secondary N) is 2. The smallest absolute Gasteiger partial charge is 0.290 e. The van der Waals surface area contributed by atoms with Gasteiger partial charge in [0.25, 0.3) is 5.69 Å². The zero-order valence-corrected chi connectivity index (χ0v) is 10.2. The molecule has 2 heterocycles. The lowest BCUT2D eigenvalue weighted by Crippen LogP contribution is -2.42.